The lowest BCUT2D eigenvalue weighted by Gasteiger charge is -2.17. The fourth-order valence-corrected chi connectivity index (χ4v) is 2.02. The molecule has 5 heteroatoms. The molecular weight excluding hydrogens is 319 g/mol. The fourth-order valence-electron chi connectivity index (χ4n) is 1.61. The number of allylic oxidation sites excluding steroid dienone is 1. The summed E-state index contributed by atoms with van der Waals surface area (Å²) in [5, 5.41) is 0.475. The van der Waals surface area contributed by atoms with E-state index in [2.05, 4.69) is 20.4 Å². The molecule has 0 aliphatic rings. The summed E-state index contributed by atoms with van der Waals surface area (Å²) in [6.07, 6.45) is 1.55. The number of hydrogen-bond donors (Lipinski definition) is 0. The van der Waals surface area contributed by atoms with Crippen LogP contribution >= 0.6 is 34.8 Å². The largest absolute Gasteiger partial charge is 0.495 e. The highest BCUT2D eigenvalue weighted by atomic mass is 35.5. The summed E-state index contributed by atoms with van der Waals surface area (Å²) in [4.78, 5) is 0. The minimum atomic E-state index is 0.163. The summed E-state index contributed by atoms with van der Waals surface area (Å²) >= 11 is 17.3. The molecule has 0 aromatic heterocycles. The second kappa shape index (κ2) is 7.82. The highest BCUT2D eigenvalue weighted by molar-refractivity contribution is 6.55. The predicted octanol–water partition coefficient (Wildman–Crippen LogP) is 5.72. The van der Waals surface area contributed by atoms with Crippen molar-refractivity contribution < 1.29 is 9.47 Å². The van der Waals surface area contributed by atoms with Crippen LogP contribution in [0.25, 0.3) is 5.57 Å². The van der Waals surface area contributed by atoms with E-state index in [9.17, 15) is 0 Å². The van der Waals surface area contributed by atoms with E-state index in [0.717, 1.165) is 11.1 Å². The van der Waals surface area contributed by atoms with Crippen LogP contribution in [-0.2, 0) is 0 Å². The topological polar surface area (TPSA) is 18.5 Å². The van der Waals surface area contributed by atoms with Crippen LogP contribution in [0.1, 0.15) is 19.4 Å². The first kappa shape index (κ1) is 17.2. The van der Waals surface area contributed by atoms with Gasteiger partial charge in [0.15, 0.2) is 0 Å². The lowest BCUT2D eigenvalue weighted by Crippen LogP contribution is -2.00. The average molecular weight is 336 g/mol. The summed E-state index contributed by atoms with van der Waals surface area (Å²) in [5.41, 5.74) is 1.77. The third-order valence-corrected chi connectivity index (χ3v) is 3.34. The van der Waals surface area contributed by atoms with E-state index >= 15 is 0 Å². The van der Waals surface area contributed by atoms with Gasteiger partial charge in [-0.1, -0.05) is 55.2 Å². The van der Waals surface area contributed by atoms with Gasteiger partial charge < -0.3 is 9.47 Å². The first-order valence-electron chi connectivity index (χ1n) is 6.07. The Morgan fingerprint density at radius 2 is 2.00 bits per heavy atom. The summed E-state index contributed by atoms with van der Waals surface area (Å²) in [6, 6.07) is 3.54. The van der Waals surface area contributed by atoms with E-state index in [0.29, 0.717) is 16.5 Å². The quantitative estimate of drug-likeness (QED) is 0.662. The van der Waals surface area contributed by atoms with Crippen LogP contribution in [0.5, 0.6) is 11.5 Å². The van der Waals surface area contributed by atoms with Crippen molar-refractivity contribution >= 4 is 40.4 Å². The van der Waals surface area contributed by atoms with Crippen LogP contribution in [0.3, 0.4) is 0 Å². The summed E-state index contributed by atoms with van der Waals surface area (Å²) in [5.74, 6) is 1.48. The number of ether oxygens (including phenoxy) is 2. The maximum Gasteiger partial charge on any atom is 0.145 e. The maximum atomic E-state index is 6.21. The number of methoxy groups -OCH3 is 1. The smallest absolute Gasteiger partial charge is 0.145 e. The van der Waals surface area contributed by atoms with Gasteiger partial charge in [-0.05, 0) is 23.6 Å². The highest BCUT2D eigenvalue weighted by Gasteiger charge is 2.15. The Bertz CT molecular complexity index is 518. The van der Waals surface area contributed by atoms with E-state index in [4.69, 9.17) is 44.3 Å². The van der Waals surface area contributed by atoms with Crippen molar-refractivity contribution in [3.8, 4) is 11.5 Å². The molecule has 0 aliphatic carbocycles. The Labute approximate surface area is 134 Å². The Morgan fingerprint density at radius 1 is 1.35 bits per heavy atom. The van der Waals surface area contributed by atoms with Crippen LogP contribution in [0.15, 0.2) is 29.3 Å². The van der Waals surface area contributed by atoms with E-state index < -0.39 is 0 Å². The molecule has 0 saturated carbocycles. The van der Waals surface area contributed by atoms with Gasteiger partial charge in [-0.25, -0.2) is 0 Å². The number of rotatable bonds is 6. The molecule has 1 aromatic carbocycles. The zero-order chi connectivity index (χ0) is 15.3. The van der Waals surface area contributed by atoms with Crippen molar-refractivity contribution in [3.63, 3.8) is 0 Å². The van der Waals surface area contributed by atoms with Crippen LogP contribution in [0.2, 0.25) is 5.02 Å². The second-order valence-electron chi connectivity index (χ2n) is 4.47. The van der Waals surface area contributed by atoms with Crippen molar-refractivity contribution in [2.24, 2.45) is 5.92 Å². The van der Waals surface area contributed by atoms with E-state index in [1.165, 1.54) is 0 Å². The second-order valence-corrected chi connectivity index (χ2v) is 5.89. The van der Waals surface area contributed by atoms with Gasteiger partial charge in [0.25, 0.3) is 0 Å². The van der Waals surface area contributed by atoms with Crippen LogP contribution in [0.4, 0.5) is 0 Å². The van der Waals surface area contributed by atoms with Gasteiger partial charge in [-0.3, -0.25) is 0 Å². The number of benzene rings is 1. The Morgan fingerprint density at radius 3 is 2.50 bits per heavy atom. The molecule has 2 nitrogen and oxygen atoms in total. The van der Waals surface area contributed by atoms with Gasteiger partial charge in [0.1, 0.15) is 22.6 Å². The lowest BCUT2D eigenvalue weighted by atomic mass is 9.96. The first-order chi connectivity index (χ1) is 9.36. The molecule has 20 heavy (non-hydrogen) atoms. The molecule has 110 valence electrons. The van der Waals surface area contributed by atoms with Gasteiger partial charge in [0.05, 0.1) is 12.1 Å². The van der Waals surface area contributed by atoms with Crippen molar-refractivity contribution in [3.05, 3.63) is 39.9 Å². The molecule has 0 saturated heterocycles. The molecule has 0 unspecified atom stereocenters. The molecule has 0 fully saturated rings. The van der Waals surface area contributed by atoms with E-state index in [1.54, 1.807) is 19.3 Å². The molecule has 0 N–H and O–H groups in total. The van der Waals surface area contributed by atoms with Gasteiger partial charge in [0, 0.05) is 11.6 Å². The van der Waals surface area contributed by atoms with Crippen LogP contribution in [0, 0.1) is 5.92 Å². The van der Waals surface area contributed by atoms with Crippen LogP contribution < -0.4 is 9.47 Å². The molecule has 0 bridgehead atoms. The Balaban J connectivity index is 3.11. The standard InChI is InChI=1S/C15H17Cl3O2/c1-9(2)10(3)12-7-11(20-6-5-14(17)18)8-13(16)15(12)19-4/h5,7-9H,3,6H2,1-2,4H3. The maximum absolute atomic E-state index is 6.21. The van der Waals surface area contributed by atoms with Gasteiger partial charge in [-0.2, -0.15) is 0 Å². The molecule has 0 radical (unpaired) electrons. The predicted molar refractivity (Wildman–Crippen MR) is 87.2 cm³/mol. The van der Waals surface area contributed by atoms with Crippen molar-refractivity contribution in [2.75, 3.05) is 13.7 Å². The minimum absolute atomic E-state index is 0.163. The normalized spacial score (nSPS) is 10.3. The summed E-state index contributed by atoms with van der Waals surface area (Å²) in [7, 11) is 1.58. The molecule has 0 amide bonds. The number of hydrogen-bond acceptors (Lipinski definition) is 2. The minimum Gasteiger partial charge on any atom is -0.495 e. The molecule has 0 heterocycles. The fraction of sp³-hybridized carbons (Fsp3) is 0.333. The zero-order valence-corrected chi connectivity index (χ0v) is 13.9. The van der Waals surface area contributed by atoms with Crippen LogP contribution in [-0.4, -0.2) is 13.7 Å². The molecule has 0 aliphatic heterocycles. The number of halogens is 3. The average Bonchev–Trinajstić information content (AvgIpc) is 2.36. The highest BCUT2D eigenvalue weighted by Crippen LogP contribution is 2.38. The molecule has 0 spiro atoms. The van der Waals surface area contributed by atoms with Crippen molar-refractivity contribution in [1.82, 2.24) is 0 Å². The third kappa shape index (κ3) is 4.62. The zero-order valence-electron chi connectivity index (χ0n) is 11.7. The van der Waals surface area contributed by atoms with E-state index in [-0.39, 0.29) is 17.0 Å². The molecule has 1 aromatic rings. The third-order valence-electron chi connectivity index (χ3n) is 2.75. The van der Waals surface area contributed by atoms with E-state index in [1.807, 2.05) is 6.07 Å². The van der Waals surface area contributed by atoms with Gasteiger partial charge >= 0.3 is 0 Å². The SMILES string of the molecule is C=C(c1cc(OCC=C(Cl)Cl)cc(Cl)c1OC)C(C)C. The lowest BCUT2D eigenvalue weighted by molar-refractivity contribution is 0.360. The van der Waals surface area contributed by atoms with Gasteiger partial charge in [-0.15, -0.1) is 0 Å². The first-order valence-corrected chi connectivity index (χ1v) is 7.20. The Kier molecular flexibility index (Phi) is 6.74. The summed E-state index contributed by atoms with van der Waals surface area (Å²) < 4.78 is 11.0. The van der Waals surface area contributed by atoms with Crippen molar-refractivity contribution in [2.45, 2.75) is 13.8 Å². The summed E-state index contributed by atoms with van der Waals surface area (Å²) in [6.45, 7) is 8.45. The Hall–Kier alpha value is -0.830. The molecule has 1 rings (SSSR count). The molecule has 0 atom stereocenters. The van der Waals surface area contributed by atoms with Gasteiger partial charge in [0.2, 0.25) is 0 Å². The molecular formula is C15H17Cl3O2. The van der Waals surface area contributed by atoms with Crippen molar-refractivity contribution in [1.29, 1.82) is 0 Å². The monoisotopic (exact) mass is 334 g/mol.